The molecule has 0 aliphatic rings. The number of nitrogens with two attached hydrogens (primary N) is 6. The lowest BCUT2D eigenvalue weighted by molar-refractivity contribution is -0.139. The number of rotatable bonds is 61. The second-order valence-electron chi connectivity index (χ2n) is 29.8. The highest BCUT2D eigenvalue weighted by Gasteiger charge is 2.37. The summed E-state index contributed by atoms with van der Waals surface area (Å²) in [4.78, 5) is 182. The highest BCUT2D eigenvalue weighted by atomic mass is 16.4. The normalized spacial score (nSPS) is 14.7. The van der Waals surface area contributed by atoms with E-state index in [1.165, 1.54) is 0 Å². The van der Waals surface area contributed by atoms with E-state index in [1.807, 2.05) is 41.5 Å². The zero-order chi connectivity index (χ0) is 78.9. The van der Waals surface area contributed by atoms with E-state index in [0.717, 1.165) is 25.7 Å². The van der Waals surface area contributed by atoms with Crippen molar-refractivity contribution in [3.05, 3.63) is 0 Å². The Morgan fingerprint density at radius 2 is 0.471 bits per heavy atom. The Morgan fingerprint density at radius 3 is 0.702 bits per heavy atom. The fourth-order valence-electron chi connectivity index (χ4n) is 11.8. The Balaban J connectivity index is 7.21. The van der Waals surface area contributed by atoms with Gasteiger partial charge in [-0.3, -0.25) is 62.3 Å². The van der Waals surface area contributed by atoms with Gasteiger partial charge in [0, 0.05) is 12.8 Å². The van der Waals surface area contributed by atoms with E-state index in [9.17, 15) is 67.4 Å². The van der Waals surface area contributed by atoms with Crippen LogP contribution in [0.5, 0.6) is 0 Å². The van der Waals surface area contributed by atoms with Crippen molar-refractivity contribution >= 4 is 76.9 Å². The van der Waals surface area contributed by atoms with Crippen molar-refractivity contribution in [3.8, 4) is 0 Å². The molecule has 0 radical (unpaired) electrons. The third-order valence-electron chi connectivity index (χ3n) is 17.4. The van der Waals surface area contributed by atoms with Crippen LogP contribution in [0.3, 0.4) is 0 Å². The first-order chi connectivity index (χ1) is 49.2. The molecule has 11 atom stereocenters. The number of aliphatic carboxylic acids is 1. The van der Waals surface area contributed by atoms with E-state index < -0.39 is 150 Å². The first-order valence-electron chi connectivity index (χ1n) is 38.5. The summed E-state index contributed by atoms with van der Waals surface area (Å²) < 4.78 is 0. The lowest BCUT2D eigenvalue weighted by Gasteiger charge is -2.29. The van der Waals surface area contributed by atoms with Crippen LogP contribution < -0.4 is 92.9 Å². The van der Waals surface area contributed by atoms with Crippen molar-refractivity contribution in [1.82, 2.24) is 58.5 Å². The minimum Gasteiger partial charge on any atom is -0.481 e. The molecule has 0 unspecified atom stereocenters. The number of carbonyl (C=O) groups excluding carboxylic acids is 12. The molecule has 0 aliphatic carbocycles. The highest BCUT2D eigenvalue weighted by molar-refractivity contribution is 5.99. The first-order valence-corrected chi connectivity index (χ1v) is 38.5. The van der Waals surface area contributed by atoms with Gasteiger partial charge in [-0.2, -0.15) is 0 Å². The van der Waals surface area contributed by atoms with Crippen LogP contribution in [0.15, 0.2) is 0 Å². The predicted octanol–water partition coefficient (Wildman–Crippen LogP) is 1.91. The zero-order valence-corrected chi connectivity index (χ0v) is 64.8. The summed E-state index contributed by atoms with van der Waals surface area (Å²) in [7, 11) is 0. The number of primary amides is 1. The molecule has 0 saturated heterocycles. The van der Waals surface area contributed by atoms with Crippen LogP contribution in [0.25, 0.3) is 0 Å². The number of carboxylic acids is 1. The Labute approximate surface area is 619 Å². The van der Waals surface area contributed by atoms with Gasteiger partial charge in [0.05, 0.1) is 0 Å². The van der Waals surface area contributed by atoms with Gasteiger partial charge in [-0.15, -0.1) is 0 Å². The van der Waals surface area contributed by atoms with Gasteiger partial charge < -0.3 is 98.0 Å². The van der Waals surface area contributed by atoms with E-state index >= 15 is 0 Å². The maximum Gasteiger partial charge on any atom is 0.303 e. The van der Waals surface area contributed by atoms with Crippen molar-refractivity contribution in [2.45, 2.75) is 322 Å². The van der Waals surface area contributed by atoms with E-state index in [0.29, 0.717) is 83.7 Å². The van der Waals surface area contributed by atoms with Gasteiger partial charge in [0.15, 0.2) is 0 Å². The van der Waals surface area contributed by atoms with Crippen LogP contribution in [0, 0.1) is 29.6 Å². The lowest BCUT2D eigenvalue weighted by Crippen LogP contribution is -2.61. The summed E-state index contributed by atoms with van der Waals surface area (Å²) in [6, 6.07) is -13.8. The maximum absolute atomic E-state index is 14.7. The van der Waals surface area contributed by atoms with E-state index in [4.69, 9.17) is 34.4 Å². The average Bonchev–Trinajstić information content (AvgIpc) is 0.860. The van der Waals surface area contributed by atoms with Gasteiger partial charge in [0.25, 0.3) is 0 Å². The van der Waals surface area contributed by atoms with Crippen molar-refractivity contribution in [2.75, 3.05) is 32.7 Å². The van der Waals surface area contributed by atoms with Gasteiger partial charge in [0.1, 0.15) is 66.5 Å². The number of carbonyl (C=O) groups is 13. The smallest absolute Gasteiger partial charge is 0.303 e. The molecule has 0 spiro atoms. The summed E-state index contributed by atoms with van der Waals surface area (Å²) in [5, 5.41) is 40.2. The molecule has 31 nitrogen and oxygen atoms in total. The highest BCUT2D eigenvalue weighted by Crippen LogP contribution is 2.17. The van der Waals surface area contributed by atoms with Gasteiger partial charge in [-0.1, -0.05) is 102 Å². The fraction of sp³-hybridized carbons (Fsp3) is 0.822. The van der Waals surface area contributed by atoms with Crippen molar-refractivity contribution < 1.29 is 67.4 Å². The number of hydrogen-bond acceptors (Lipinski definition) is 18. The fourth-order valence-corrected chi connectivity index (χ4v) is 11.8. The van der Waals surface area contributed by atoms with Crippen LogP contribution in [-0.2, 0) is 62.3 Å². The molecular weight excluding hydrogens is 1340 g/mol. The molecule has 0 aromatic rings. The molecule has 0 aromatic carbocycles. The molecule has 600 valence electrons. The first kappa shape index (κ1) is 96.9. The quantitative estimate of drug-likeness (QED) is 0.0387. The molecule has 12 amide bonds. The number of unbranched alkanes of at least 4 members (excludes halogenated alkanes) is 9. The topological polar surface area (TPSA) is 531 Å². The van der Waals surface area contributed by atoms with Gasteiger partial charge in [-0.05, 0) is 204 Å². The number of carboxylic acid groups (broad SMARTS) is 1. The zero-order valence-electron chi connectivity index (χ0n) is 64.8. The summed E-state index contributed by atoms with van der Waals surface area (Å²) in [6.45, 7) is 21.8. The van der Waals surface area contributed by atoms with E-state index in [1.54, 1.807) is 27.7 Å². The standard InChI is InChI=1S/C73H139N17O14/c1-12-13-14-15-16-32-61(91)80-57(41-46(4)5)70(101)83-50(27-17-22-35-74)64(95)82-54(31-21-26-39-78)68(99)88-60(44-49(10)11)73(104)90-59(43-48(8)9)72(103)85-52(29-19-24-37-76)66(97)86-55(33-34-62(92)93)69(100)89-58(42-47(6)7)71(102)84-51(28-18-23-36-75)65(96)81-53(30-20-25-38-77)67(98)87-56(63(79)94)40-45(2)3/h45-60H,12-44,74-78H2,1-11H3,(H2,79,94)(H,80,91)(H,81,96)(H,82,95)(H,83,101)(H,84,102)(H,85,103)(H,86,97)(H,87,98)(H,88,99)(H,89,100)(H,90,104)(H,92,93)/t50-,51-,52-,53-,54-,55-,56-,57-,58-,59-,60-/m0/s1. The summed E-state index contributed by atoms with van der Waals surface area (Å²) in [6.07, 6.45) is 9.13. The summed E-state index contributed by atoms with van der Waals surface area (Å²) in [5.41, 5.74) is 34.8. The Bertz CT molecular complexity index is 2580. The SMILES string of the molecule is CCCCCCCC(=O)N[C@@H](CC(C)C)C(=O)N[C@@H](CCCCN)C(=O)N[C@@H](CCCCN)C(=O)N[C@@H](CC(C)C)C(=O)N[C@@H](CC(C)C)C(=O)N[C@@H](CCCCN)C(=O)N[C@@H](CCC(=O)O)C(=O)N[C@@H](CC(C)C)C(=O)N[C@@H](CCCCN)C(=O)N[C@@H](CCCCN)C(=O)N[C@@H](CC(C)C)C(N)=O. The molecule has 0 fully saturated rings. The van der Waals surface area contributed by atoms with E-state index in [2.05, 4.69) is 65.4 Å². The molecule has 0 saturated carbocycles. The largest absolute Gasteiger partial charge is 0.481 e. The van der Waals surface area contributed by atoms with Crippen LogP contribution in [0.2, 0.25) is 0 Å². The Kier molecular flexibility index (Phi) is 52.4. The number of nitrogens with one attached hydrogen (secondary N) is 11. The molecule has 0 aromatic heterocycles. The summed E-state index contributed by atoms with van der Waals surface area (Å²) >= 11 is 0. The summed E-state index contributed by atoms with van der Waals surface area (Å²) in [5.74, 6) is -10.7. The van der Waals surface area contributed by atoms with Crippen molar-refractivity contribution in [1.29, 1.82) is 0 Å². The third-order valence-corrected chi connectivity index (χ3v) is 17.4. The molecule has 0 heterocycles. The number of amides is 12. The van der Waals surface area contributed by atoms with Crippen molar-refractivity contribution in [3.63, 3.8) is 0 Å². The monoisotopic (exact) mass is 1480 g/mol. The van der Waals surface area contributed by atoms with E-state index in [-0.39, 0.29) is 126 Å². The van der Waals surface area contributed by atoms with Crippen LogP contribution >= 0.6 is 0 Å². The average molecular weight is 1480 g/mol. The minimum absolute atomic E-state index is 0.00316. The van der Waals surface area contributed by atoms with Gasteiger partial charge in [-0.25, -0.2) is 0 Å². The molecule has 24 N–H and O–H groups in total. The molecule has 0 aliphatic heterocycles. The Hall–Kier alpha value is -7.09. The molecule has 31 heteroatoms. The Morgan fingerprint density at radius 1 is 0.260 bits per heavy atom. The van der Waals surface area contributed by atoms with Crippen LogP contribution in [0.1, 0.15) is 256 Å². The van der Waals surface area contributed by atoms with Crippen LogP contribution in [0.4, 0.5) is 0 Å². The van der Waals surface area contributed by atoms with Gasteiger partial charge in [0.2, 0.25) is 70.9 Å². The van der Waals surface area contributed by atoms with Crippen molar-refractivity contribution in [2.24, 2.45) is 64.0 Å². The maximum atomic E-state index is 14.7. The second kappa shape index (κ2) is 56.3. The molecular formula is C73H139N17O14. The molecule has 0 rings (SSSR count). The predicted molar refractivity (Wildman–Crippen MR) is 402 cm³/mol. The van der Waals surface area contributed by atoms with Crippen LogP contribution in [-0.4, -0.2) is 181 Å². The van der Waals surface area contributed by atoms with Gasteiger partial charge >= 0.3 is 5.97 Å². The molecule has 104 heavy (non-hydrogen) atoms. The minimum atomic E-state index is -1.61. The number of hydrogen-bond donors (Lipinski definition) is 18. The third kappa shape index (κ3) is 44.0. The second-order valence-corrected chi connectivity index (χ2v) is 29.8. The molecule has 0 bridgehead atoms. The lowest BCUT2D eigenvalue weighted by atomic mass is 9.98.